The van der Waals surface area contributed by atoms with Crippen LogP contribution in [0.15, 0.2) is 255 Å². The molecule has 0 aromatic rings. The quantitative estimate of drug-likeness (QED) is 0.0211. The van der Waals surface area contributed by atoms with Crippen molar-refractivity contribution < 1.29 is 42.1 Å². The number of allylic oxidation sites excluding steroid dienone is 42. The van der Waals surface area contributed by atoms with E-state index in [4.69, 9.17) is 18.5 Å². The van der Waals surface area contributed by atoms with Crippen molar-refractivity contribution in [3.63, 3.8) is 0 Å². The Morgan fingerprint density at radius 2 is 0.529 bits per heavy atom. The van der Waals surface area contributed by atoms with Crippen LogP contribution in [0.3, 0.4) is 0 Å². The van der Waals surface area contributed by atoms with E-state index < -0.39 is 32.5 Å². The molecule has 0 fully saturated rings. The number of hydrogen-bond donors (Lipinski definition) is 1. The molecule has 0 aromatic carbocycles. The average Bonchev–Trinajstić information content (AvgIpc) is 0.916. The van der Waals surface area contributed by atoms with E-state index >= 15 is 0 Å². The summed E-state index contributed by atoms with van der Waals surface area (Å²) in [5.41, 5.74) is 0. The first-order valence-corrected chi connectivity index (χ1v) is 40.9. The highest BCUT2D eigenvalue weighted by molar-refractivity contribution is 7.47. The molecular weight excluding hydrogens is 1280 g/mol. The minimum Gasteiger partial charge on any atom is -0.462 e. The molecule has 0 saturated carbocycles. The second-order valence-electron chi connectivity index (χ2n) is 26.3. The van der Waals surface area contributed by atoms with Gasteiger partial charge in [0.05, 0.1) is 27.7 Å². The number of phosphoric ester groups is 1. The molecule has 9 nitrogen and oxygen atoms in total. The van der Waals surface area contributed by atoms with Crippen molar-refractivity contribution in [2.45, 2.75) is 264 Å². The SMILES string of the molecule is CC/C=C\C/C=C\C/C=C\C/C=C\C/C=C\C/C=C\C/C=C\C/C=C\C/C=C\C/C=C\C/C=C\C/C=C\CCCCCCC(=O)OC(COC(=O)CCCCCCCCCCC/C=C\C/C=C\C/C=C\C/C=C\C/C=C\C/C=C\C/C=C\C/C=C\C/C=C\CC)COP(=O)(O)OCC[N+](C)(C)C. The highest BCUT2D eigenvalue weighted by Crippen LogP contribution is 2.43. The fraction of sp³-hybridized carbons (Fsp3) is 0.522. The Morgan fingerprint density at radius 1 is 0.304 bits per heavy atom. The Balaban J connectivity index is 4.19. The molecule has 2 atom stereocenters. The number of phosphoric acid groups is 1. The third-order valence-corrected chi connectivity index (χ3v) is 16.5. The second-order valence-corrected chi connectivity index (χ2v) is 27.7. The number of hydrogen-bond acceptors (Lipinski definition) is 7. The van der Waals surface area contributed by atoms with Crippen LogP contribution in [0, 0.1) is 0 Å². The maximum absolute atomic E-state index is 12.9. The molecule has 0 aliphatic rings. The fourth-order valence-electron chi connectivity index (χ4n) is 9.64. The topological polar surface area (TPSA) is 108 Å². The van der Waals surface area contributed by atoms with Gasteiger partial charge in [-0.05, 0) is 173 Å². The zero-order valence-electron chi connectivity index (χ0n) is 64.7. The molecule has 0 aliphatic carbocycles. The Hall–Kier alpha value is -6.45. The van der Waals surface area contributed by atoms with E-state index in [0.29, 0.717) is 23.9 Å². The Morgan fingerprint density at radius 3 is 0.784 bits per heavy atom. The van der Waals surface area contributed by atoms with E-state index in [-0.39, 0.29) is 26.1 Å². The Bertz CT molecular complexity index is 2680. The van der Waals surface area contributed by atoms with Gasteiger partial charge in [0.25, 0.3) is 0 Å². The molecule has 0 radical (unpaired) electrons. The van der Waals surface area contributed by atoms with Crippen molar-refractivity contribution in [1.29, 1.82) is 0 Å². The summed E-state index contributed by atoms with van der Waals surface area (Å²) in [4.78, 5) is 36.0. The number of ether oxygens (including phenoxy) is 2. The molecule has 0 bridgehead atoms. The summed E-state index contributed by atoms with van der Waals surface area (Å²) in [7, 11) is 1.42. The fourth-order valence-corrected chi connectivity index (χ4v) is 10.4. The lowest BCUT2D eigenvalue weighted by Gasteiger charge is -2.24. The standard InChI is InChI=1S/C92H142NO8P/c1-6-8-10-12-14-16-18-20-22-24-26-28-30-32-34-36-38-40-42-44-45-46-47-49-51-53-55-57-59-61-63-65-67-69-71-73-75-77-79-81-83-85-92(95)101-90(89-100-102(96,97)99-87-86-93(3,4)5)88-98-91(94)84-82-80-78-76-74-72-70-68-66-64-62-60-58-56-54-52-50-48-43-41-39-37-35-33-31-29-27-25-23-21-19-17-15-13-11-9-7-2/h8-11,14-17,20-23,26-29,32-35,38-41,44-45,47-50,53-56,59-62,65,67,71,73,90H,6-7,12-13,18-19,24-25,30-31,36-37,42-43,46,51-52,57-58,63-64,66,68-70,72,74-89H2,1-5H3/p+1/b10-8-,11-9-,16-14-,17-15-,22-20-,23-21-,28-26-,29-27-,34-32-,35-33-,40-38-,41-39-,45-44-,49-47-,50-48-,55-53-,56-54-,61-59-,62-60-,67-65-,73-71-. The van der Waals surface area contributed by atoms with Crippen LogP contribution in [0.1, 0.15) is 258 Å². The lowest BCUT2D eigenvalue weighted by Crippen LogP contribution is -2.37. The second kappa shape index (κ2) is 78.7. The van der Waals surface area contributed by atoms with Crippen LogP contribution < -0.4 is 0 Å². The van der Waals surface area contributed by atoms with E-state index in [9.17, 15) is 19.0 Å². The van der Waals surface area contributed by atoms with Crippen LogP contribution in [-0.4, -0.2) is 74.9 Å². The van der Waals surface area contributed by atoms with E-state index in [1.165, 1.54) is 32.1 Å². The van der Waals surface area contributed by atoms with Gasteiger partial charge in [-0.2, -0.15) is 0 Å². The third-order valence-electron chi connectivity index (χ3n) is 15.6. The molecule has 102 heavy (non-hydrogen) atoms. The van der Waals surface area contributed by atoms with Crippen LogP contribution in [0.4, 0.5) is 0 Å². The maximum Gasteiger partial charge on any atom is 0.472 e. The van der Waals surface area contributed by atoms with Gasteiger partial charge >= 0.3 is 19.8 Å². The van der Waals surface area contributed by atoms with E-state index in [1.54, 1.807) is 0 Å². The van der Waals surface area contributed by atoms with E-state index in [2.05, 4.69) is 269 Å². The number of unbranched alkanes of at least 4 members (excludes halogenated alkanes) is 13. The van der Waals surface area contributed by atoms with Crippen molar-refractivity contribution in [3.8, 4) is 0 Å². The highest BCUT2D eigenvalue weighted by atomic mass is 31.2. The number of quaternary nitrogens is 1. The van der Waals surface area contributed by atoms with Gasteiger partial charge in [0, 0.05) is 12.8 Å². The van der Waals surface area contributed by atoms with Gasteiger partial charge < -0.3 is 18.9 Å². The molecule has 0 heterocycles. The predicted molar refractivity (Wildman–Crippen MR) is 444 cm³/mol. The molecule has 0 amide bonds. The summed E-state index contributed by atoms with van der Waals surface area (Å²) >= 11 is 0. The van der Waals surface area contributed by atoms with Crippen molar-refractivity contribution >= 4 is 19.8 Å². The van der Waals surface area contributed by atoms with Gasteiger partial charge in [-0.15, -0.1) is 0 Å². The zero-order valence-corrected chi connectivity index (χ0v) is 65.6. The van der Waals surface area contributed by atoms with Gasteiger partial charge in [0.15, 0.2) is 6.10 Å². The Labute approximate surface area is 625 Å². The summed E-state index contributed by atoms with van der Waals surface area (Å²) in [6, 6.07) is 0. The summed E-state index contributed by atoms with van der Waals surface area (Å²) in [5.74, 6) is -0.852. The molecule has 568 valence electrons. The largest absolute Gasteiger partial charge is 0.472 e. The van der Waals surface area contributed by atoms with Crippen molar-refractivity contribution in [2.75, 3.05) is 47.5 Å². The van der Waals surface area contributed by atoms with E-state index in [1.807, 2.05) is 21.1 Å². The molecule has 0 rings (SSSR count). The van der Waals surface area contributed by atoms with Crippen LogP contribution in [0.5, 0.6) is 0 Å². The van der Waals surface area contributed by atoms with E-state index in [0.717, 1.165) is 186 Å². The summed E-state index contributed by atoms with van der Waals surface area (Å²) in [6.45, 7) is 4.14. The Kier molecular flexibility index (Phi) is 73.7. The summed E-state index contributed by atoms with van der Waals surface area (Å²) < 4.78 is 34.7. The van der Waals surface area contributed by atoms with Crippen molar-refractivity contribution in [1.82, 2.24) is 0 Å². The molecular formula is C92H143NO8P+. The summed E-state index contributed by atoms with van der Waals surface area (Å²) in [6.07, 6.45) is 130. The molecule has 0 aliphatic heterocycles. The highest BCUT2D eigenvalue weighted by Gasteiger charge is 2.27. The molecule has 1 N–H and O–H groups in total. The normalized spacial score (nSPS) is 14.5. The molecule has 0 saturated heterocycles. The van der Waals surface area contributed by atoms with Gasteiger partial charge in [0.1, 0.15) is 19.8 Å². The first kappa shape index (κ1) is 95.5. The maximum atomic E-state index is 12.9. The lowest BCUT2D eigenvalue weighted by atomic mass is 10.1. The monoisotopic (exact) mass is 1420 g/mol. The van der Waals surface area contributed by atoms with Gasteiger partial charge in [-0.3, -0.25) is 18.6 Å². The number of carbonyl (C=O) groups is 2. The third kappa shape index (κ3) is 82.5. The summed E-state index contributed by atoms with van der Waals surface area (Å²) in [5, 5.41) is 0. The van der Waals surface area contributed by atoms with Crippen molar-refractivity contribution in [3.05, 3.63) is 255 Å². The first-order valence-electron chi connectivity index (χ1n) is 39.4. The van der Waals surface area contributed by atoms with Gasteiger partial charge in [0.2, 0.25) is 0 Å². The molecule has 2 unspecified atom stereocenters. The average molecular weight is 1420 g/mol. The molecule has 10 heteroatoms. The number of rotatable bonds is 69. The van der Waals surface area contributed by atoms with Crippen LogP contribution >= 0.6 is 7.82 Å². The van der Waals surface area contributed by atoms with Crippen LogP contribution in [0.2, 0.25) is 0 Å². The van der Waals surface area contributed by atoms with Crippen LogP contribution in [0.25, 0.3) is 0 Å². The molecule has 0 aromatic heterocycles. The van der Waals surface area contributed by atoms with Gasteiger partial charge in [-0.25, -0.2) is 4.57 Å². The first-order chi connectivity index (χ1) is 50.0. The van der Waals surface area contributed by atoms with Crippen LogP contribution in [-0.2, 0) is 32.7 Å². The smallest absolute Gasteiger partial charge is 0.462 e. The lowest BCUT2D eigenvalue weighted by molar-refractivity contribution is -0.870. The minimum atomic E-state index is -4.42. The predicted octanol–water partition coefficient (Wildman–Crippen LogP) is 26.8. The number of likely N-dealkylation sites (N-methyl/N-ethyl adjacent to an activating group) is 1. The zero-order chi connectivity index (χ0) is 74.0. The number of carbonyl (C=O) groups excluding carboxylic acids is 2. The van der Waals surface area contributed by atoms with Crippen molar-refractivity contribution in [2.24, 2.45) is 0 Å². The number of esters is 2. The molecule has 0 spiro atoms. The minimum absolute atomic E-state index is 0.0114. The number of nitrogens with zero attached hydrogens (tertiary/aromatic N) is 1. The van der Waals surface area contributed by atoms with Gasteiger partial charge in [-0.1, -0.05) is 327 Å².